The summed E-state index contributed by atoms with van der Waals surface area (Å²) in [7, 11) is 1.93. The van der Waals surface area contributed by atoms with Gasteiger partial charge >= 0.3 is 0 Å². The molecule has 1 saturated heterocycles. The summed E-state index contributed by atoms with van der Waals surface area (Å²) in [6.45, 7) is 5.22. The molecule has 1 aromatic rings. The van der Waals surface area contributed by atoms with Crippen LogP contribution in [0.25, 0.3) is 0 Å². The maximum absolute atomic E-state index is 13.4. The topological polar surface area (TPSA) is 35.6 Å². The summed E-state index contributed by atoms with van der Waals surface area (Å²) < 4.78 is 13.4. The molecule has 1 N–H and O–H groups in total. The van der Waals surface area contributed by atoms with E-state index in [9.17, 15) is 9.18 Å². The first-order valence-corrected chi connectivity index (χ1v) is 7.10. The van der Waals surface area contributed by atoms with Gasteiger partial charge in [0, 0.05) is 26.1 Å². The maximum Gasteiger partial charge on any atom is 0.230 e. The van der Waals surface area contributed by atoms with E-state index >= 15 is 0 Å². The van der Waals surface area contributed by atoms with E-state index in [4.69, 9.17) is 0 Å². The lowest BCUT2D eigenvalue weighted by atomic mass is 9.87. The van der Waals surface area contributed by atoms with Crippen LogP contribution in [0, 0.1) is 17.7 Å². The van der Waals surface area contributed by atoms with Gasteiger partial charge in [0.2, 0.25) is 5.91 Å². The molecule has 1 aromatic carbocycles. The van der Waals surface area contributed by atoms with Crippen LogP contribution in [0.2, 0.25) is 0 Å². The SMILES string of the molecule is CC(C(=O)N1CCN(C)c2cc(F)ccc21)C1CNC1.Cl.Cl. The first-order valence-electron chi connectivity index (χ1n) is 7.10. The molecular weight excluding hydrogens is 328 g/mol. The fraction of sp³-hybridized carbons (Fsp3) is 0.533. The minimum absolute atomic E-state index is 0. The molecule has 0 radical (unpaired) electrons. The first-order chi connectivity index (χ1) is 9.58. The molecule has 2 heterocycles. The van der Waals surface area contributed by atoms with Gasteiger partial charge in [0.1, 0.15) is 5.82 Å². The van der Waals surface area contributed by atoms with E-state index in [0.29, 0.717) is 12.5 Å². The van der Waals surface area contributed by atoms with Crippen LogP contribution in [-0.4, -0.2) is 39.1 Å². The van der Waals surface area contributed by atoms with Crippen LogP contribution in [-0.2, 0) is 4.79 Å². The van der Waals surface area contributed by atoms with Crippen molar-refractivity contribution >= 4 is 42.1 Å². The summed E-state index contributed by atoms with van der Waals surface area (Å²) in [5.41, 5.74) is 1.62. The van der Waals surface area contributed by atoms with Crippen molar-refractivity contribution in [1.29, 1.82) is 0 Å². The molecule has 4 nitrogen and oxygen atoms in total. The monoisotopic (exact) mass is 349 g/mol. The number of halogens is 3. The number of benzene rings is 1. The highest BCUT2D eigenvalue weighted by Crippen LogP contribution is 2.34. The van der Waals surface area contributed by atoms with E-state index < -0.39 is 0 Å². The number of carbonyl (C=O) groups is 1. The molecule has 0 spiro atoms. The van der Waals surface area contributed by atoms with Gasteiger partial charge in [-0.05, 0) is 37.2 Å². The van der Waals surface area contributed by atoms with Crippen molar-refractivity contribution in [3.63, 3.8) is 0 Å². The Morgan fingerprint density at radius 2 is 1.95 bits per heavy atom. The summed E-state index contributed by atoms with van der Waals surface area (Å²) in [5.74, 6) is 0.321. The van der Waals surface area contributed by atoms with E-state index in [1.165, 1.54) is 12.1 Å². The maximum atomic E-state index is 13.4. The minimum atomic E-state index is -0.263. The Bertz CT molecular complexity index is 540. The molecule has 0 saturated carbocycles. The van der Waals surface area contributed by atoms with Gasteiger partial charge in [-0.1, -0.05) is 6.92 Å². The number of hydrogen-bond donors (Lipinski definition) is 1. The molecule has 0 bridgehead atoms. The standard InChI is InChI=1S/C15H20FN3O.2ClH/c1-10(11-8-17-9-11)15(20)19-6-5-18(2)14-7-12(16)3-4-13(14)19;;/h3-4,7,10-11,17H,5-6,8-9H2,1-2H3;2*1H. The summed E-state index contributed by atoms with van der Waals surface area (Å²) in [5, 5.41) is 3.21. The van der Waals surface area contributed by atoms with Crippen LogP contribution >= 0.6 is 24.8 Å². The fourth-order valence-corrected chi connectivity index (χ4v) is 2.86. The second-order valence-electron chi connectivity index (χ2n) is 5.75. The lowest BCUT2D eigenvalue weighted by Gasteiger charge is -2.39. The van der Waals surface area contributed by atoms with E-state index in [0.717, 1.165) is 31.0 Å². The average molecular weight is 350 g/mol. The van der Waals surface area contributed by atoms with E-state index in [2.05, 4.69) is 5.32 Å². The van der Waals surface area contributed by atoms with Gasteiger partial charge in [-0.3, -0.25) is 4.79 Å². The van der Waals surface area contributed by atoms with E-state index in [1.54, 1.807) is 6.07 Å². The zero-order chi connectivity index (χ0) is 14.3. The number of hydrogen-bond acceptors (Lipinski definition) is 3. The Morgan fingerprint density at radius 1 is 1.27 bits per heavy atom. The largest absolute Gasteiger partial charge is 0.371 e. The molecule has 1 amide bonds. The second kappa shape index (κ2) is 7.49. The summed E-state index contributed by atoms with van der Waals surface area (Å²) >= 11 is 0. The minimum Gasteiger partial charge on any atom is -0.371 e. The molecule has 1 atom stereocenters. The number of fused-ring (bicyclic) bond motifs is 1. The number of anilines is 2. The van der Waals surface area contributed by atoms with Crippen molar-refractivity contribution in [2.45, 2.75) is 6.92 Å². The molecule has 0 aliphatic carbocycles. The van der Waals surface area contributed by atoms with Gasteiger partial charge in [0.05, 0.1) is 11.4 Å². The molecule has 2 aliphatic heterocycles. The van der Waals surface area contributed by atoms with Crippen LogP contribution in [0.5, 0.6) is 0 Å². The van der Waals surface area contributed by atoms with Crippen LogP contribution in [0.15, 0.2) is 18.2 Å². The van der Waals surface area contributed by atoms with Crippen LogP contribution in [0.4, 0.5) is 15.8 Å². The van der Waals surface area contributed by atoms with Crippen LogP contribution in [0.1, 0.15) is 6.92 Å². The average Bonchev–Trinajstić information content (AvgIpc) is 2.37. The van der Waals surface area contributed by atoms with Crippen LogP contribution in [0.3, 0.4) is 0 Å². The lowest BCUT2D eigenvalue weighted by Crippen LogP contribution is -2.52. The molecule has 124 valence electrons. The number of nitrogens with zero attached hydrogens (tertiary/aromatic N) is 2. The number of carbonyl (C=O) groups excluding carboxylic acids is 1. The number of likely N-dealkylation sites (N-methyl/N-ethyl adjacent to an activating group) is 1. The Balaban J connectivity index is 0.00000121. The highest BCUT2D eigenvalue weighted by atomic mass is 35.5. The van der Waals surface area contributed by atoms with Crippen molar-refractivity contribution < 1.29 is 9.18 Å². The molecular formula is C15H22Cl2FN3O. The number of rotatable bonds is 2. The van der Waals surface area contributed by atoms with E-state index in [-0.39, 0.29) is 42.5 Å². The van der Waals surface area contributed by atoms with Crippen molar-refractivity contribution in [1.82, 2.24) is 5.32 Å². The summed E-state index contributed by atoms with van der Waals surface area (Å²) in [6.07, 6.45) is 0. The third-order valence-corrected chi connectivity index (χ3v) is 4.47. The highest BCUT2D eigenvalue weighted by molar-refractivity contribution is 5.99. The smallest absolute Gasteiger partial charge is 0.230 e. The number of amides is 1. The van der Waals surface area contributed by atoms with Crippen molar-refractivity contribution in [3.8, 4) is 0 Å². The molecule has 1 fully saturated rings. The van der Waals surface area contributed by atoms with Crippen molar-refractivity contribution in [2.24, 2.45) is 11.8 Å². The highest BCUT2D eigenvalue weighted by Gasteiger charge is 2.34. The van der Waals surface area contributed by atoms with Gasteiger partial charge in [-0.25, -0.2) is 4.39 Å². The van der Waals surface area contributed by atoms with Gasteiger partial charge in [0.15, 0.2) is 0 Å². The van der Waals surface area contributed by atoms with Crippen molar-refractivity contribution in [2.75, 3.05) is 43.0 Å². The quantitative estimate of drug-likeness (QED) is 0.889. The normalized spacial score (nSPS) is 18.5. The Hall–Kier alpha value is -1.04. The number of nitrogens with one attached hydrogen (secondary N) is 1. The fourth-order valence-electron chi connectivity index (χ4n) is 2.86. The molecule has 1 unspecified atom stereocenters. The lowest BCUT2D eigenvalue weighted by molar-refractivity contribution is -0.124. The van der Waals surface area contributed by atoms with Gasteiger partial charge in [0.25, 0.3) is 0 Å². The Labute approximate surface area is 142 Å². The van der Waals surface area contributed by atoms with Crippen molar-refractivity contribution in [3.05, 3.63) is 24.0 Å². The first kappa shape index (κ1) is 19.0. The predicted molar refractivity (Wildman–Crippen MR) is 92.0 cm³/mol. The van der Waals surface area contributed by atoms with Gasteiger partial charge in [-0.15, -0.1) is 24.8 Å². The van der Waals surface area contributed by atoms with Gasteiger partial charge < -0.3 is 15.1 Å². The Kier molecular flexibility index (Phi) is 6.47. The van der Waals surface area contributed by atoms with E-state index in [1.807, 2.05) is 23.8 Å². The molecule has 2 aliphatic rings. The molecule has 7 heteroatoms. The molecule has 22 heavy (non-hydrogen) atoms. The zero-order valence-electron chi connectivity index (χ0n) is 12.7. The third kappa shape index (κ3) is 3.31. The van der Waals surface area contributed by atoms with Crippen LogP contribution < -0.4 is 15.1 Å². The summed E-state index contributed by atoms with van der Waals surface area (Å²) in [4.78, 5) is 16.5. The second-order valence-corrected chi connectivity index (χ2v) is 5.75. The zero-order valence-corrected chi connectivity index (χ0v) is 14.3. The Morgan fingerprint density at radius 3 is 2.55 bits per heavy atom. The summed E-state index contributed by atoms with van der Waals surface area (Å²) in [6, 6.07) is 4.64. The molecule has 0 aromatic heterocycles. The third-order valence-electron chi connectivity index (χ3n) is 4.47. The predicted octanol–water partition coefficient (Wildman–Crippen LogP) is 2.31. The molecule has 3 rings (SSSR count). The van der Waals surface area contributed by atoms with Gasteiger partial charge in [-0.2, -0.15) is 0 Å².